The van der Waals surface area contributed by atoms with Gasteiger partial charge in [0.2, 0.25) is 5.69 Å². The van der Waals surface area contributed by atoms with E-state index in [0.29, 0.717) is 11.8 Å². The van der Waals surface area contributed by atoms with Gasteiger partial charge < -0.3 is 0 Å². The first-order valence-electron chi connectivity index (χ1n) is 13.6. The molecule has 38 heavy (non-hydrogen) atoms. The van der Waals surface area contributed by atoms with Crippen molar-refractivity contribution < 1.29 is 9.13 Å². The number of pyridine rings is 1. The van der Waals surface area contributed by atoms with Crippen LogP contribution >= 0.6 is 0 Å². The average Bonchev–Trinajstić information content (AvgIpc) is 3.29. The van der Waals surface area contributed by atoms with Gasteiger partial charge in [0.05, 0.1) is 12.6 Å². The van der Waals surface area contributed by atoms with Gasteiger partial charge in [-0.25, -0.2) is 9.13 Å². The van der Waals surface area contributed by atoms with Crippen molar-refractivity contribution in [1.82, 2.24) is 4.57 Å². The van der Waals surface area contributed by atoms with Crippen LogP contribution in [0.2, 0.25) is 0 Å². The van der Waals surface area contributed by atoms with Gasteiger partial charge in [-0.1, -0.05) is 82.3 Å². The molecule has 0 unspecified atom stereocenters. The molecule has 5 aromatic rings. The summed E-state index contributed by atoms with van der Waals surface area (Å²) in [6.45, 7) is 11.4. The quantitative estimate of drug-likeness (QED) is 0.212. The second-order valence-electron chi connectivity index (χ2n) is 11.0. The van der Waals surface area contributed by atoms with Gasteiger partial charge in [-0.05, 0) is 48.1 Å². The van der Waals surface area contributed by atoms with Crippen molar-refractivity contribution in [3.05, 3.63) is 114 Å². The predicted octanol–water partition coefficient (Wildman–Crippen LogP) is 7.68. The molecule has 0 amide bonds. The van der Waals surface area contributed by atoms with Crippen LogP contribution in [0, 0.1) is 6.92 Å². The summed E-state index contributed by atoms with van der Waals surface area (Å²) in [6.07, 6.45) is 6.63. The Morgan fingerprint density at radius 1 is 0.632 bits per heavy atom. The molecule has 0 saturated heterocycles. The van der Waals surface area contributed by atoms with Crippen LogP contribution in [0.15, 0.2) is 97.5 Å². The number of para-hydroxylation sites is 1. The number of rotatable bonds is 6. The van der Waals surface area contributed by atoms with E-state index in [0.717, 1.165) is 0 Å². The highest BCUT2D eigenvalue weighted by molar-refractivity contribution is 5.74. The molecule has 0 N–H and O–H groups in total. The molecule has 3 nitrogen and oxygen atoms in total. The summed E-state index contributed by atoms with van der Waals surface area (Å²) in [4.78, 5) is 0. The first kappa shape index (κ1) is 25.7. The van der Waals surface area contributed by atoms with Crippen LogP contribution in [0.3, 0.4) is 0 Å². The smallest absolute Gasteiger partial charge is 0.232 e. The van der Waals surface area contributed by atoms with Crippen LogP contribution in [0.5, 0.6) is 0 Å². The minimum Gasteiger partial charge on any atom is -0.232 e. The van der Waals surface area contributed by atoms with E-state index in [-0.39, 0.29) is 0 Å². The number of aryl methyl sites for hydroxylation is 2. The van der Waals surface area contributed by atoms with Crippen LogP contribution in [0.4, 0.5) is 0 Å². The summed E-state index contributed by atoms with van der Waals surface area (Å²) in [6, 6.07) is 28.5. The van der Waals surface area contributed by atoms with E-state index in [1.54, 1.807) is 0 Å². The molecule has 0 aliphatic carbocycles. The number of nitrogens with zero attached hydrogens (tertiary/aromatic N) is 3. The highest BCUT2D eigenvalue weighted by Crippen LogP contribution is 2.36. The van der Waals surface area contributed by atoms with Crippen LogP contribution in [-0.2, 0) is 14.1 Å². The van der Waals surface area contributed by atoms with Gasteiger partial charge in [0.15, 0.2) is 6.20 Å². The maximum atomic E-state index is 2.41. The van der Waals surface area contributed by atoms with Crippen molar-refractivity contribution >= 4 is 0 Å². The van der Waals surface area contributed by atoms with Gasteiger partial charge in [-0.2, -0.15) is 4.57 Å². The van der Waals surface area contributed by atoms with E-state index in [9.17, 15) is 0 Å². The van der Waals surface area contributed by atoms with Gasteiger partial charge >= 0.3 is 0 Å². The Morgan fingerprint density at radius 3 is 1.89 bits per heavy atom. The van der Waals surface area contributed by atoms with Crippen molar-refractivity contribution in [3.8, 4) is 39.5 Å². The molecule has 0 saturated carbocycles. The third kappa shape index (κ3) is 4.58. The van der Waals surface area contributed by atoms with E-state index < -0.39 is 0 Å². The maximum absolute atomic E-state index is 2.41. The van der Waals surface area contributed by atoms with Gasteiger partial charge in [-0.3, -0.25) is 0 Å². The molecule has 192 valence electrons. The Balaban J connectivity index is 1.67. The molecular formula is C35H39N3+2. The SMILES string of the molecule is Cc1c(-c2ccc(-c3ccccc3)c[n+]2C)cccc1-c1n(-c2c(C(C)C)cccc2C(C)C)cc[n+]1C. The van der Waals surface area contributed by atoms with Crippen LogP contribution < -0.4 is 9.13 Å². The van der Waals surface area contributed by atoms with E-state index >= 15 is 0 Å². The Labute approximate surface area is 227 Å². The predicted molar refractivity (Wildman–Crippen MR) is 157 cm³/mol. The average molecular weight is 502 g/mol. The second-order valence-corrected chi connectivity index (χ2v) is 11.0. The number of aromatic nitrogens is 3. The number of hydrogen-bond acceptors (Lipinski definition) is 0. The molecule has 2 heterocycles. The normalized spacial score (nSPS) is 11.5. The third-order valence-electron chi connectivity index (χ3n) is 7.68. The molecule has 3 aromatic carbocycles. The lowest BCUT2D eigenvalue weighted by Gasteiger charge is -2.18. The summed E-state index contributed by atoms with van der Waals surface area (Å²) in [7, 11) is 4.30. The minimum atomic E-state index is 0.430. The fourth-order valence-electron chi connectivity index (χ4n) is 5.61. The number of hydrogen-bond donors (Lipinski definition) is 0. The van der Waals surface area contributed by atoms with Gasteiger partial charge in [-0.15, -0.1) is 0 Å². The lowest BCUT2D eigenvalue weighted by molar-refractivity contribution is -0.660. The monoisotopic (exact) mass is 501 g/mol. The van der Waals surface area contributed by atoms with E-state index in [2.05, 4.69) is 160 Å². The molecule has 2 aromatic heterocycles. The largest absolute Gasteiger partial charge is 0.294 e. The topological polar surface area (TPSA) is 12.7 Å². The molecule has 3 heteroatoms. The van der Waals surface area contributed by atoms with Gasteiger partial charge in [0.1, 0.15) is 25.1 Å². The highest BCUT2D eigenvalue weighted by atomic mass is 15.1. The van der Waals surface area contributed by atoms with E-state index in [1.165, 1.54) is 56.1 Å². The van der Waals surface area contributed by atoms with Crippen molar-refractivity contribution in [2.24, 2.45) is 14.1 Å². The highest BCUT2D eigenvalue weighted by Gasteiger charge is 2.28. The molecule has 0 bridgehead atoms. The van der Waals surface area contributed by atoms with Crippen molar-refractivity contribution in [1.29, 1.82) is 0 Å². The second kappa shape index (κ2) is 10.4. The Kier molecular flexibility index (Phi) is 7.03. The summed E-state index contributed by atoms with van der Waals surface area (Å²) >= 11 is 0. The minimum absolute atomic E-state index is 0.430. The maximum Gasteiger partial charge on any atom is 0.294 e. The fraction of sp³-hybridized carbons (Fsp3) is 0.257. The molecule has 0 aliphatic heterocycles. The third-order valence-corrected chi connectivity index (χ3v) is 7.68. The molecule has 0 spiro atoms. The summed E-state index contributed by atoms with van der Waals surface area (Å²) in [5.41, 5.74) is 11.5. The van der Waals surface area contributed by atoms with Crippen LogP contribution in [0.1, 0.15) is 56.2 Å². The first-order valence-corrected chi connectivity index (χ1v) is 13.6. The zero-order valence-corrected chi connectivity index (χ0v) is 23.7. The summed E-state index contributed by atoms with van der Waals surface area (Å²) in [5, 5.41) is 0. The van der Waals surface area contributed by atoms with Crippen molar-refractivity contribution in [2.75, 3.05) is 0 Å². The zero-order chi connectivity index (χ0) is 27.0. The first-order chi connectivity index (χ1) is 18.3. The van der Waals surface area contributed by atoms with E-state index in [4.69, 9.17) is 0 Å². The summed E-state index contributed by atoms with van der Waals surface area (Å²) in [5.74, 6) is 2.06. The number of imidazole rings is 1. The van der Waals surface area contributed by atoms with Gasteiger partial charge in [0, 0.05) is 28.3 Å². The summed E-state index contributed by atoms with van der Waals surface area (Å²) < 4.78 is 6.92. The standard InChI is InChI=1S/C35H39N3/c1-24(2)29-15-11-16-30(25(3)4)34(29)38-22-21-36(6)35(38)32-18-12-17-31(26(32)5)33-20-19-28(23-37(33)7)27-13-9-8-10-14-27/h8-25H,1-7H3/q+2. The Morgan fingerprint density at radius 2 is 1.26 bits per heavy atom. The Hall–Kier alpha value is -3.98. The van der Waals surface area contributed by atoms with Crippen molar-refractivity contribution in [3.63, 3.8) is 0 Å². The lowest BCUT2D eigenvalue weighted by atomic mass is 9.92. The molecule has 0 atom stereocenters. The Bertz CT molecular complexity index is 1560. The molecule has 0 fully saturated rings. The van der Waals surface area contributed by atoms with Crippen LogP contribution in [0.25, 0.3) is 39.5 Å². The lowest BCUT2D eigenvalue weighted by Crippen LogP contribution is -2.31. The fourth-order valence-corrected chi connectivity index (χ4v) is 5.61. The number of benzene rings is 3. The van der Waals surface area contributed by atoms with Gasteiger partial charge in [0.25, 0.3) is 5.82 Å². The molecule has 0 aliphatic rings. The molecule has 5 rings (SSSR count). The zero-order valence-electron chi connectivity index (χ0n) is 23.7. The van der Waals surface area contributed by atoms with E-state index in [1.807, 2.05) is 0 Å². The molecular weight excluding hydrogens is 462 g/mol. The van der Waals surface area contributed by atoms with Crippen LogP contribution in [-0.4, -0.2) is 4.57 Å². The molecule has 0 radical (unpaired) electrons. The van der Waals surface area contributed by atoms with Crippen molar-refractivity contribution in [2.45, 2.75) is 46.5 Å².